The van der Waals surface area contributed by atoms with Crippen LogP contribution in [0.2, 0.25) is 0 Å². The van der Waals surface area contributed by atoms with Crippen molar-refractivity contribution in [3.05, 3.63) is 12.2 Å². The van der Waals surface area contributed by atoms with Gasteiger partial charge in [0, 0.05) is 12.8 Å². The van der Waals surface area contributed by atoms with Gasteiger partial charge in [-0.25, -0.2) is 0 Å². The van der Waals surface area contributed by atoms with Crippen LogP contribution in [0.1, 0.15) is 258 Å². The Kier molecular flexibility index (Phi) is 42.9. The maximum atomic E-state index is 12.2. The Labute approximate surface area is 324 Å². The standard InChI is InChI=1S/C47H90O5/c1-3-5-7-9-11-13-15-17-18-19-20-21-22-23-24-25-26-27-28-30-32-34-36-38-40-42-47(50)52-45(43-48)44-51-46(49)41-39-37-35-33-31-29-16-14-12-10-8-6-4-2/h19-20,45,48H,3-18,21-44H2,1-2H3/b20-19-. The van der Waals surface area contributed by atoms with E-state index in [2.05, 4.69) is 26.0 Å². The fourth-order valence-corrected chi connectivity index (χ4v) is 7.02. The zero-order chi connectivity index (χ0) is 37.8. The van der Waals surface area contributed by atoms with E-state index in [0.717, 1.165) is 32.1 Å². The lowest BCUT2D eigenvalue weighted by Gasteiger charge is -2.15. The highest BCUT2D eigenvalue weighted by Gasteiger charge is 2.16. The molecule has 52 heavy (non-hydrogen) atoms. The first-order chi connectivity index (χ1) is 25.6. The smallest absolute Gasteiger partial charge is 0.306 e. The number of esters is 2. The first-order valence-corrected chi connectivity index (χ1v) is 23.2. The van der Waals surface area contributed by atoms with Crippen LogP contribution < -0.4 is 0 Å². The highest BCUT2D eigenvalue weighted by atomic mass is 16.6. The fourth-order valence-electron chi connectivity index (χ4n) is 7.02. The predicted molar refractivity (Wildman–Crippen MR) is 224 cm³/mol. The molecule has 0 aliphatic rings. The minimum atomic E-state index is -0.764. The van der Waals surface area contributed by atoms with Crippen LogP contribution in [-0.4, -0.2) is 36.4 Å². The number of hydrogen-bond acceptors (Lipinski definition) is 5. The van der Waals surface area contributed by atoms with Gasteiger partial charge in [0.1, 0.15) is 6.61 Å². The number of aliphatic hydroxyl groups excluding tert-OH is 1. The molecule has 0 rings (SSSR count). The summed E-state index contributed by atoms with van der Waals surface area (Å²) >= 11 is 0. The molecule has 0 saturated heterocycles. The second kappa shape index (κ2) is 44.0. The van der Waals surface area contributed by atoms with Crippen molar-refractivity contribution in [2.45, 2.75) is 264 Å². The van der Waals surface area contributed by atoms with Crippen molar-refractivity contribution in [3.8, 4) is 0 Å². The van der Waals surface area contributed by atoms with Gasteiger partial charge in [0.25, 0.3) is 0 Å². The molecule has 0 aliphatic carbocycles. The second-order valence-corrected chi connectivity index (χ2v) is 15.8. The van der Waals surface area contributed by atoms with Gasteiger partial charge in [0.05, 0.1) is 6.61 Å². The number of carbonyl (C=O) groups is 2. The van der Waals surface area contributed by atoms with E-state index in [1.165, 1.54) is 199 Å². The predicted octanol–water partition coefficient (Wildman–Crippen LogP) is 14.9. The molecular formula is C47H90O5. The van der Waals surface area contributed by atoms with Gasteiger partial charge in [0.15, 0.2) is 6.10 Å². The van der Waals surface area contributed by atoms with Crippen LogP contribution in [0.15, 0.2) is 12.2 Å². The Hall–Kier alpha value is -1.36. The molecule has 0 saturated carbocycles. The van der Waals surface area contributed by atoms with Gasteiger partial charge in [-0.2, -0.15) is 0 Å². The third kappa shape index (κ3) is 41.4. The minimum absolute atomic E-state index is 0.0589. The first-order valence-electron chi connectivity index (χ1n) is 23.2. The van der Waals surface area contributed by atoms with Crippen LogP contribution in [0.3, 0.4) is 0 Å². The van der Waals surface area contributed by atoms with Gasteiger partial charge in [-0.3, -0.25) is 9.59 Å². The van der Waals surface area contributed by atoms with Crippen molar-refractivity contribution in [1.29, 1.82) is 0 Å². The molecule has 0 spiro atoms. The van der Waals surface area contributed by atoms with Gasteiger partial charge in [-0.15, -0.1) is 0 Å². The second-order valence-electron chi connectivity index (χ2n) is 15.8. The molecule has 0 radical (unpaired) electrons. The molecule has 308 valence electrons. The van der Waals surface area contributed by atoms with Crippen molar-refractivity contribution in [2.24, 2.45) is 0 Å². The number of unbranched alkanes of at least 4 members (excludes halogenated alkanes) is 33. The number of rotatable bonds is 43. The van der Waals surface area contributed by atoms with E-state index < -0.39 is 6.10 Å². The summed E-state index contributed by atoms with van der Waals surface area (Å²) in [7, 11) is 0. The Balaban J connectivity index is 3.44. The van der Waals surface area contributed by atoms with E-state index in [4.69, 9.17) is 9.47 Å². The monoisotopic (exact) mass is 735 g/mol. The number of allylic oxidation sites excluding steroid dienone is 2. The molecule has 0 fully saturated rings. The highest BCUT2D eigenvalue weighted by molar-refractivity contribution is 5.70. The third-order valence-corrected chi connectivity index (χ3v) is 10.6. The van der Waals surface area contributed by atoms with E-state index in [1.54, 1.807) is 0 Å². The Morgan fingerprint density at radius 2 is 0.712 bits per heavy atom. The molecule has 1 unspecified atom stereocenters. The van der Waals surface area contributed by atoms with Crippen LogP contribution >= 0.6 is 0 Å². The van der Waals surface area contributed by atoms with E-state index in [1.807, 2.05) is 0 Å². The fraction of sp³-hybridized carbons (Fsp3) is 0.915. The third-order valence-electron chi connectivity index (χ3n) is 10.6. The van der Waals surface area contributed by atoms with Crippen molar-refractivity contribution in [2.75, 3.05) is 13.2 Å². The van der Waals surface area contributed by atoms with Crippen LogP contribution in [0.5, 0.6) is 0 Å². The van der Waals surface area contributed by atoms with E-state index >= 15 is 0 Å². The van der Waals surface area contributed by atoms with Crippen LogP contribution in [0, 0.1) is 0 Å². The molecule has 0 aromatic heterocycles. The Bertz CT molecular complexity index is 750. The summed E-state index contributed by atoms with van der Waals surface area (Å²) in [6.07, 6.45) is 51.5. The molecule has 0 heterocycles. The molecular weight excluding hydrogens is 645 g/mol. The van der Waals surface area contributed by atoms with Crippen molar-refractivity contribution in [1.82, 2.24) is 0 Å². The normalized spacial score (nSPS) is 12.1. The molecule has 0 bridgehead atoms. The molecule has 1 atom stereocenters. The maximum absolute atomic E-state index is 12.2. The minimum Gasteiger partial charge on any atom is -0.462 e. The molecule has 0 amide bonds. The zero-order valence-electron chi connectivity index (χ0n) is 35.1. The lowest BCUT2D eigenvalue weighted by Crippen LogP contribution is -2.28. The molecule has 5 nitrogen and oxygen atoms in total. The Morgan fingerprint density at radius 3 is 1.04 bits per heavy atom. The van der Waals surface area contributed by atoms with E-state index in [-0.39, 0.29) is 25.2 Å². The zero-order valence-corrected chi connectivity index (χ0v) is 35.1. The molecule has 5 heteroatoms. The largest absolute Gasteiger partial charge is 0.462 e. The molecule has 0 aromatic rings. The van der Waals surface area contributed by atoms with E-state index in [0.29, 0.717) is 12.8 Å². The van der Waals surface area contributed by atoms with Crippen molar-refractivity contribution < 1.29 is 24.2 Å². The highest BCUT2D eigenvalue weighted by Crippen LogP contribution is 2.16. The summed E-state index contributed by atoms with van der Waals surface area (Å²) in [5, 5.41) is 9.58. The lowest BCUT2D eigenvalue weighted by atomic mass is 10.0. The summed E-state index contributed by atoms with van der Waals surface area (Å²) in [4.78, 5) is 24.3. The molecule has 0 aliphatic heterocycles. The summed E-state index contributed by atoms with van der Waals surface area (Å²) < 4.78 is 10.6. The van der Waals surface area contributed by atoms with Crippen LogP contribution in [0.25, 0.3) is 0 Å². The topological polar surface area (TPSA) is 72.8 Å². The summed E-state index contributed by atoms with van der Waals surface area (Å²) in [5.74, 6) is -0.576. The van der Waals surface area contributed by atoms with Gasteiger partial charge in [0.2, 0.25) is 0 Å². The van der Waals surface area contributed by atoms with Crippen LogP contribution in [0.4, 0.5) is 0 Å². The number of hydrogen-bond donors (Lipinski definition) is 1. The van der Waals surface area contributed by atoms with Crippen LogP contribution in [-0.2, 0) is 19.1 Å². The van der Waals surface area contributed by atoms with Gasteiger partial charge >= 0.3 is 11.9 Å². The first kappa shape index (κ1) is 50.6. The number of aliphatic hydroxyl groups is 1. The summed E-state index contributed by atoms with van der Waals surface area (Å²) in [6, 6.07) is 0. The summed E-state index contributed by atoms with van der Waals surface area (Å²) in [5.41, 5.74) is 0. The average Bonchev–Trinajstić information content (AvgIpc) is 3.15. The Morgan fingerprint density at radius 1 is 0.423 bits per heavy atom. The van der Waals surface area contributed by atoms with E-state index in [9.17, 15) is 14.7 Å². The van der Waals surface area contributed by atoms with Crippen molar-refractivity contribution in [3.63, 3.8) is 0 Å². The maximum Gasteiger partial charge on any atom is 0.306 e. The van der Waals surface area contributed by atoms with Crippen molar-refractivity contribution >= 4 is 11.9 Å². The summed E-state index contributed by atoms with van der Waals surface area (Å²) in [6.45, 7) is 4.17. The average molecular weight is 735 g/mol. The molecule has 1 N–H and O–H groups in total. The van der Waals surface area contributed by atoms with Gasteiger partial charge in [-0.05, 0) is 38.5 Å². The lowest BCUT2D eigenvalue weighted by molar-refractivity contribution is -0.161. The SMILES string of the molecule is CCCCCCCCCC/C=C\CCCCCCCCCCCCCCCC(=O)OC(CO)COC(=O)CCCCCCCCCCCCCCC. The number of ether oxygens (including phenoxy) is 2. The quantitative estimate of drug-likeness (QED) is 0.0383. The van der Waals surface area contributed by atoms with Gasteiger partial charge in [-0.1, -0.05) is 219 Å². The van der Waals surface area contributed by atoms with Gasteiger partial charge < -0.3 is 14.6 Å². The molecule has 0 aromatic carbocycles. The number of carbonyl (C=O) groups excluding carboxylic acids is 2.